The number of carbonyl (C=O) groups is 1. The third-order valence-corrected chi connectivity index (χ3v) is 9.70. The maximum absolute atomic E-state index is 12.8. The van der Waals surface area contributed by atoms with E-state index >= 15 is 0 Å². The molecular formula is C47H48F6N2O. The number of halogens is 6. The van der Waals surface area contributed by atoms with Crippen molar-refractivity contribution in [3.8, 4) is 22.3 Å². The van der Waals surface area contributed by atoms with Gasteiger partial charge in [-0.15, -0.1) is 0 Å². The number of nitrogens with one attached hydrogen (secondary N) is 1. The summed E-state index contributed by atoms with van der Waals surface area (Å²) in [7, 11) is 0. The molecule has 0 heterocycles. The van der Waals surface area contributed by atoms with E-state index in [4.69, 9.17) is 0 Å². The SMILES string of the molecule is C=C(NCC(F)(F)F)C1(CCCCC)c2ccccc2-c2ccccc21.CC(=O)c1ccccc1-c1ccc(C(F)(F)F)cc1.CC=Nc1cc(C)ccc1C. The van der Waals surface area contributed by atoms with Crippen molar-refractivity contribution in [2.24, 2.45) is 4.99 Å². The molecule has 6 rings (SSSR count). The van der Waals surface area contributed by atoms with Gasteiger partial charge in [0.15, 0.2) is 5.78 Å². The van der Waals surface area contributed by atoms with E-state index in [-0.39, 0.29) is 5.78 Å². The van der Waals surface area contributed by atoms with Crippen molar-refractivity contribution in [3.63, 3.8) is 0 Å². The molecule has 1 N–H and O–H groups in total. The Hall–Kier alpha value is -5.44. The summed E-state index contributed by atoms with van der Waals surface area (Å²) in [6.07, 6.45) is -3.02. The van der Waals surface area contributed by atoms with Gasteiger partial charge in [0, 0.05) is 17.5 Å². The first kappa shape index (κ1) is 43.3. The molecule has 56 heavy (non-hydrogen) atoms. The highest BCUT2D eigenvalue weighted by molar-refractivity contribution is 6.00. The van der Waals surface area contributed by atoms with E-state index in [1.54, 1.807) is 24.3 Å². The van der Waals surface area contributed by atoms with Gasteiger partial charge >= 0.3 is 12.4 Å². The molecule has 0 spiro atoms. The number of hydrogen-bond acceptors (Lipinski definition) is 3. The average Bonchev–Trinajstić information content (AvgIpc) is 3.46. The summed E-state index contributed by atoms with van der Waals surface area (Å²) in [5.74, 6) is -0.115. The maximum atomic E-state index is 12.8. The number of ketones is 1. The second kappa shape index (κ2) is 18.9. The van der Waals surface area contributed by atoms with Crippen LogP contribution in [0.2, 0.25) is 0 Å². The summed E-state index contributed by atoms with van der Waals surface area (Å²) < 4.78 is 75.9. The first-order valence-electron chi connectivity index (χ1n) is 18.6. The van der Waals surface area contributed by atoms with Gasteiger partial charge in [0.05, 0.1) is 16.7 Å². The minimum absolute atomic E-state index is 0.115. The Balaban J connectivity index is 0.000000203. The highest BCUT2D eigenvalue weighted by Crippen LogP contribution is 2.54. The van der Waals surface area contributed by atoms with E-state index in [9.17, 15) is 31.1 Å². The quantitative estimate of drug-likeness (QED) is 0.0665. The predicted molar refractivity (Wildman–Crippen MR) is 217 cm³/mol. The Morgan fingerprint density at radius 3 is 1.84 bits per heavy atom. The van der Waals surface area contributed by atoms with E-state index in [0.29, 0.717) is 22.4 Å². The van der Waals surface area contributed by atoms with Crippen LogP contribution >= 0.6 is 0 Å². The van der Waals surface area contributed by atoms with Crippen LogP contribution in [-0.2, 0) is 11.6 Å². The molecule has 0 unspecified atom stereocenters. The van der Waals surface area contributed by atoms with Gasteiger partial charge in [-0.3, -0.25) is 9.79 Å². The van der Waals surface area contributed by atoms with Crippen molar-refractivity contribution in [1.29, 1.82) is 0 Å². The highest BCUT2D eigenvalue weighted by atomic mass is 19.4. The van der Waals surface area contributed by atoms with Crippen LogP contribution in [-0.4, -0.2) is 24.7 Å². The molecule has 9 heteroatoms. The topological polar surface area (TPSA) is 41.5 Å². The fraction of sp³-hybridized carbons (Fsp3) is 0.277. The second-order valence-corrected chi connectivity index (χ2v) is 13.8. The number of nitrogens with zero attached hydrogens (tertiary/aromatic N) is 1. The van der Waals surface area contributed by atoms with Crippen molar-refractivity contribution in [1.82, 2.24) is 5.32 Å². The lowest BCUT2D eigenvalue weighted by Gasteiger charge is -2.35. The number of aryl methyl sites for hydroxylation is 2. The zero-order valence-electron chi connectivity index (χ0n) is 32.4. The van der Waals surface area contributed by atoms with Crippen molar-refractivity contribution in [2.75, 3.05) is 6.54 Å². The van der Waals surface area contributed by atoms with Crippen LogP contribution in [0.25, 0.3) is 22.3 Å². The van der Waals surface area contributed by atoms with Gasteiger partial charge in [-0.2, -0.15) is 26.3 Å². The van der Waals surface area contributed by atoms with Crippen LogP contribution in [0.4, 0.5) is 32.0 Å². The number of benzene rings is 5. The molecule has 5 aromatic carbocycles. The van der Waals surface area contributed by atoms with Crippen LogP contribution in [0, 0.1) is 13.8 Å². The minimum atomic E-state index is -4.35. The second-order valence-electron chi connectivity index (χ2n) is 13.8. The maximum Gasteiger partial charge on any atom is 0.416 e. The Morgan fingerprint density at radius 1 is 0.768 bits per heavy atom. The molecule has 1 aliphatic carbocycles. The Bertz CT molecular complexity index is 2080. The van der Waals surface area contributed by atoms with Gasteiger partial charge in [-0.05, 0) is 96.8 Å². The lowest BCUT2D eigenvalue weighted by Crippen LogP contribution is -2.39. The largest absolute Gasteiger partial charge is 0.416 e. The Morgan fingerprint density at radius 2 is 1.32 bits per heavy atom. The van der Waals surface area contributed by atoms with Crippen molar-refractivity contribution >= 4 is 17.7 Å². The van der Waals surface area contributed by atoms with Gasteiger partial charge in [0.1, 0.15) is 6.54 Å². The van der Waals surface area contributed by atoms with Crippen LogP contribution in [0.15, 0.2) is 133 Å². The van der Waals surface area contributed by atoms with Crippen molar-refractivity contribution in [2.45, 2.75) is 78.1 Å². The fourth-order valence-electron chi connectivity index (χ4n) is 6.95. The average molecular weight is 771 g/mol. The number of unbranched alkanes of at least 4 members (excludes halogenated alkanes) is 2. The number of hydrogen-bond donors (Lipinski definition) is 1. The number of fused-ring (bicyclic) bond motifs is 3. The van der Waals surface area contributed by atoms with Crippen molar-refractivity contribution < 1.29 is 31.1 Å². The third-order valence-electron chi connectivity index (χ3n) is 9.70. The number of Topliss-reactive ketones (excluding diaryl/α,β-unsaturated/α-hetero) is 1. The molecule has 0 atom stereocenters. The number of allylic oxidation sites excluding steroid dienone is 1. The van der Waals surface area contributed by atoms with Gasteiger partial charge in [0.25, 0.3) is 0 Å². The summed E-state index contributed by atoms with van der Waals surface area (Å²) in [5.41, 5.74) is 8.72. The number of rotatable bonds is 10. The summed E-state index contributed by atoms with van der Waals surface area (Å²) in [4.78, 5) is 15.7. The van der Waals surface area contributed by atoms with E-state index in [1.807, 2.05) is 61.7 Å². The molecule has 0 radical (unpaired) electrons. The lowest BCUT2D eigenvalue weighted by molar-refractivity contribution is -0.137. The Kier molecular flexibility index (Phi) is 14.6. The van der Waals surface area contributed by atoms with E-state index in [2.05, 4.69) is 55.9 Å². The summed E-state index contributed by atoms with van der Waals surface area (Å²) in [5, 5.41) is 2.59. The molecular weight excluding hydrogens is 723 g/mol. The van der Waals surface area contributed by atoms with Gasteiger partial charge in [-0.25, -0.2) is 0 Å². The molecule has 1 aliphatic rings. The number of aliphatic imine (C=N–C) groups is 1. The molecule has 0 fully saturated rings. The standard InChI is InChI=1S/C22H24F3N.C15H11F3O.C10H13N/c1-3-4-9-14-21(16(2)26-15-22(23,24)25)19-12-7-5-10-17(19)18-11-6-8-13-20(18)21;1-10(19)13-4-2-3-5-14(13)11-6-8-12(9-7-11)15(16,17)18;1-4-11-10-7-8(2)5-6-9(10)3/h5-8,10-13,26H,2-4,9,14-15H2,1H3;2-9H,1H3;4-7H,1-3H3. The van der Waals surface area contributed by atoms with Gasteiger partial charge < -0.3 is 5.32 Å². The molecule has 0 aromatic heterocycles. The smallest absolute Gasteiger partial charge is 0.379 e. The lowest BCUT2D eigenvalue weighted by atomic mass is 9.72. The van der Waals surface area contributed by atoms with E-state index in [0.717, 1.165) is 65.8 Å². The monoisotopic (exact) mass is 770 g/mol. The highest BCUT2D eigenvalue weighted by Gasteiger charge is 2.45. The molecule has 0 saturated heterocycles. The van der Waals surface area contributed by atoms with Crippen molar-refractivity contribution in [3.05, 3.63) is 161 Å². The predicted octanol–water partition coefficient (Wildman–Crippen LogP) is 13.8. The van der Waals surface area contributed by atoms with Crippen LogP contribution in [0.5, 0.6) is 0 Å². The zero-order chi connectivity index (χ0) is 41.1. The molecule has 0 aliphatic heterocycles. The summed E-state index contributed by atoms with van der Waals surface area (Å²) in [6.45, 7) is 12.7. The van der Waals surface area contributed by atoms with Gasteiger partial charge in [0.2, 0.25) is 0 Å². The van der Waals surface area contributed by atoms with Crippen LogP contribution < -0.4 is 5.32 Å². The minimum Gasteiger partial charge on any atom is -0.379 e. The normalized spacial score (nSPS) is 12.8. The molecule has 0 amide bonds. The van der Waals surface area contributed by atoms with E-state index < -0.39 is 29.9 Å². The summed E-state index contributed by atoms with van der Waals surface area (Å²) >= 11 is 0. The third kappa shape index (κ3) is 10.6. The summed E-state index contributed by atoms with van der Waals surface area (Å²) in [6, 6.07) is 34.0. The number of alkyl halides is 6. The van der Waals surface area contributed by atoms with E-state index in [1.165, 1.54) is 30.2 Å². The molecule has 0 bridgehead atoms. The first-order chi connectivity index (χ1) is 26.5. The van der Waals surface area contributed by atoms with Gasteiger partial charge in [-0.1, -0.05) is 130 Å². The van der Waals surface area contributed by atoms with Crippen LogP contribution in [0.1, 0.15) is 84.6 Å². The fourth-order valence-corrected chi connectivity index (χ4v) is 6.95. The number of carbonyl (C=O) groups excluding carboxylic acids is 1. The van der Waals surface area contributed by atoms with Crippen LogP contribution in [0.3, 0.4) is 0 Å². The molecule has 294 valence electrons. The zero-order valence-corrected chi connectivity index (χ0v) is 32.4. The molecule has 3 nitrogen and oxygen atoms in total. The molecule has 0 saturated carbocycles. The molecule has 5 aromatic rings. The Labute approximate surface area is 326 Å². The first-order valence-corrected chi connectivity index (χ1v) is 18.6.